The second-order valence-electron chi connectivity index (χ2n) is 7.35. The average Bonchev–Trinajstić information content (AvgIpc) is 3.26. The predicted molar refractivity (Wildman–Crippen MR) is 137 cm³/mol. The lowest BCUT2D eigenvalue weighted by atomic mass is 9.93. The van der Waals surface area contributed by atoms with Crippen LogP contribution in [0.25, 0.3) is 10.6 Å². The minimum absolute atomic E-state index is 0. The Balaban J connectivity index is 0.00000341. The molecule has 1 aliphatic heterocycles. The molecule has 1 saturated heterocycles. The number of ether oxygens (including phenoxy) is 1. The van der Waals surface area contributed by atoms with Crippen LogP contribution in [0.15, 0.2) is 34.6 Å². The highest BCUT2D eigenvalue weighted by Gasteiger charge is 2.23. The number of aromatic nitrogens is 1. The lowest BCUT2D eigenvalue weighted by molar-refractivity contribution is -0.121. The van der Waals surface area contributed by atoms with E-state index in [2.05, 4.69) is 27.8 Å². The summed E-state index contributed by atoms with van der Waals surface area (Å²) in [6.45, 7) is 5.29. The second kappa shape index (κ2) is 12.8. The fourth-order valence-corrected chi connectivity index (χ4v) is 4.36. The summed E-state index contributed by atoms with van der Waals surface area (Å²) in [4.78, 5) is 23.5. The maximum Gasteiger partial charge on any atom is 0.220 e. The summed E-state index contributed by atoms with van der Waals surface area (Å²) in [5.74, 6) is 2.35. The van der Waals surface area contributed by atoms with Crippen LogP contribution in [0.5, 0.6) is 5.75 Å². The van der Waals surface area contributed by atoms with Gasteiger partial charge >= 0.3 is 0 Å². The van der Waals surface area contributed by atoms with Gasteiger partial charge in [-0.15, -0.1) is 35.3 Å². The molecule has 0 spiro atoms. The molecular weight excluding hydrogens is 525 g/mol. The zero-order valence-corrected chi connectivity index (χ0v) is 21.5. The highest BCUT2D eigenvalue weighted by molar-refractivity contribution is 14.0. The lowest BCUT2D eigenvalue weighted by Gasteiger charge is -2.34. The first-order chi connectivity index (χ1) is 14.6. The molecule has 0 bridgehead atoms. The molecule has 2 heterocycles. The van der Waals surface area contributed by atoms with Gasteiger partial charge in [-0.05, 0) is 49.9 Å². The summed E-state index contributed by atoms with van der Waals surface area (Å²) in [5.41, 5.74) is 2.05. The Labute approximate surface area is 205 Å². The van der Waals surface area contributed by atoms with Crippen molar-refractivity contribution in [1.82, 2.24) is 20.5 Å². The Morgan fingerprint density at radius 3 is 2.61 bits per heavy atom. The number of aliphatic imine (C=N–C) groups is 1. The third-order valence-electron chi connectivity index (χ3n) is 5.28. The molecule has 1 fully saturated rings. The van der Waals surface area contributed by atoms with Gasteiger partial charge in [-0.3, -0.25) is 4.79 Å². The minimum atomic E-state index is 0. The zero-order valence-electron chi connectivity index (χ0n) is 18.4. The number of guanidine groups is 1. The fourth-order valence-electron chi connectivity index (χ4n) is 3.54. The number of rotatable bonds is 7. The van der Waals surface area contributed by atoms with E-state index in [4.69, 9.17) is 14.7 Å². The molecule has 31 heavy (non-hydrogen) atoms. The monoisotopic (exact) mass is 557 g/mol. The van der Waals surface area contributed by atoms with E-state index in [1.54, 1.807) is 25.5 Å². The average molecular weight is 558 g/mol. The number of benzene rings is 1. The molecule has 3 rings (SSSR count). The number of nitrogens with one attached hydrogen (secondary N) is 2. The van der Waals surface area contributed by atoms with Crippen LogP contribution in [-0.2, 0) is 11.3 Å². The van der Waals surface area contributed by atoms with Crippen molar-refractivity contribution in [3.05, 3.63) is 35.3 Å². The number of hydrogen-bond donors (Lipinski definition) is 2. The number of piperidine rings is 1. The van der Waals surface area contributed by atoms with Crippen LogP contribution in [0, 0.1) is 5.92 Å². The number of thiazole rings is 1. The van der Waals surface area contributed by atoms with Crippen LogP contribution in [0.3, 0.4) is 0 Å². The van der Waals surface area contributed by atoms with Crippen molar-refractivity contribution in [3.8, 4) is 16.3 Å². The number of methoxy groups -OCH3 is 1. The summed E-state index contributed by atoms with van der Waals surface area (Å²) in [7, 11) is 3.37. The molecule has 1 aromatic carbocycles. The number of halogens is 1. The molecule has 1 aliphatic rings. The van der Waals surface area contributed by atoms with Gasteiger partial charge in [0.25, 0.3) is 0 Å². The third kappa shape index (κ3) is 7.34. The van der Waals surface area contributed by atoms with Gasteiger partial charge in [-0.2, -0.15) is 0 Å². The van der Waals surface area contributed by atoms with E-state index in [0.717, 1.165) is 60.4 Å². The quantitative estimate of drug-likeness (QED) is 0.308. The number of carbonyl (C=O) groups is 1. The smallest absolute Gasteiger partial charge is 0.220 e. The van der Waals surface area contributed by atoms with Crippen molar-refractivity contribution in [2.45, 2.75) is 32.7 Å². The van der Waals surface area contributed by atoms with E-state index in [-0.39, 0.29) is 29.9 Å². The molecule has 0 unspecified atom stereocenters. The van der Waals surface area contributed by atoms with Crippen molar-refractivity contribution in [1.29, 1.82) is 0 Å². The molecule has 0 saturated carbocycles. The largest absolute Gasteiger partial charge is 0.497 e. The molecule has 170 valence electrons. The number of hydrogen-bond acceptors (Lipinski definition) is 5. The molecule has 1 aromatic heterocycles. The SMILES string of the molecule is CCNC(=NCc1csc(-c2ccc(OC)cc2)n1)N1CCC(CC(=O)NC)CC1.I. The molecular formula is C22H32IN5O2S. The van der Waals surface area contributed by atoms with Gasteiger partial charge in [0.05, 0.1) is 19.3 Å². The van der Waals surface area contributed by atoms with Crippen LogP contribution in [-0.4, -0.2) is 55.5 Å². The van der Waals surface area contributed by atoms with Crippen molar-refractivity contribution in [3.63, 3.8) is 0 Å². The first-order valence-corrected chi connectivity index (χ1v) is 11.3. The standard InChI is InChI=1S/C22H31N5O2S.HI/c1-4-24-22(27-11-9-16(10-12-27)13-20(28)23-2)25-14-18-15-30-21(26-18)17-5-7-19(29-3)8-6-17;/h5-8,15-16H,4,9-14H2,1-3H3,(H,23,28)(H,24,25);1H. The van der Waals surface area contributed by atoms with E-state index in [1.807, 2.05) is 24.3 Å². The maximum absolute atomic E-state index is 11.6. The van der Waals surface area contributed by atoms with Crippen LogP contribution in [0.4, 0.5) is 0 Å². The van der Waals surface area contributed by atoms with Crippen LogP contribution in [0.2, 0.25) is 0 Å². The van der Waals surface area contributed by atoms with E-state index >= 15 is 0 Å². The first-order valence-electron chi connectivity index (χ1n) is 10.5. The summed E-state index contributed by atoms with van der Waals surface area (Å²) in [5, 5.41) is 9.18. The third-order valence-corrected chi connectivity index (χ3v) is 6.22. The number of carbonyl (C=O) groups excluding carboxylic acids is 1. The summed E-state index contributed by atoms with van der Waals surface area (Å²) in [6.07, 6.45) is 2.64. The lowest BCUT2D eigenvalue weighted by Crippen LogP contribution is -2.46. The molecule has 0 aliphatic carbocycles. The molecule has 2 aromatic rings. The van der Waals surface area contributed by atoms with Gasteiger partial charge in [-0.1, -0.05) is 0 Å². The zero-order chi connectivity index (χ0) is 21.3. The van der Waals surface area contributed by atoms with E-state index in [0.29, 0.717) is 18.9 Å². The van der Waals surface area contributed by atoms with Crippen molar-refractivity contribution >= 4 is 47.2 Å². The van der Waals surface area contributed by atoms with Gasteiger partial charge < -0.3 is 20.3 Å². The molecule has 2 N–H and O–H groups in total. The number of likely N-dealkylation sites (tertiary alicyclic amines) is 1. The second-order valence-corrected chi connectivity index (χ2v) is 8.21. The molecule has 0 atom stereocenters. The fraction of sp³-hybridized carbons (Fsp3) is 0.500. The van der Waals surface area contributed by atoms with Gasteiger partial charge in [0.1, 0.15) is 10.8 Å². The van der Waals surface area contributed by atoms with Crippen LogP contribution >= 0.6 is 35.3 Å². The maximum atomic E-state index is 11.6. The van der Waals surface area contributed by atoms with Gasteiger partial charge in [0.15, 0.2) is 5.96 Å². The predicted octanol–water partition coefficient (Wildman–Crippen LogP) is 3.75. The highest BCUT2D eigenvalue weighted by atomic mass is 127. The van der Waals surface area contributed by atoms with Crippen molar-refractivity contribution < 1.29 is 9.53 Å². The Kier molecular flexibility index (Phi) is 10.5. The van der Waals surface area contributed by atoms with E-state index in [9.17, 15) is 4.79 Å². The van der Waals surface area contributed by atoms with Crippen molar-refractivity contribution in [2.24, 2.45) is 10.9 Å². The molecule has 9 heteroatoms. The Hall–Kier alpha value is -1.88. The van der Waals surface area contributed by atoms with Crippen LogP contribution in [0.1, 0.15) is 31.9 Å². The topological polar surface area (TPSA) is 78.9 Å². The van der Waals surface area contributed by atoms with Crippen LogP contribution < -0.4 is 15.4 Å². The summed E-state index contributed by atoms with van der Waals surface area (Å²) in [6, 6.07) is 7.95. The highest BCUT2D eigenvalue weighted by Crippen LogP contribution is 2.26. The molecule has 0 radical (unpaired) electrons. The number of nitrogens with zero attached hydrogens (tertiary/aromatic N) is 3. The Morgan fingerprint density at radius 2 is 2.00 bits per heavy atom. The summed E-state index contributed by atoms with van der Waals surface area (Å²) >= 11 is 1.63. The van der Waals surface area contributed by atoms with E-state index in [1.165, 1.54) is 0 Å². The summed E-state index contributed by atoms with van der Waals surface area (Å²) < 4.78 is 5.22. The normalized spacial score (nSPS) is 14.7. The number of amides is 1. The minimum Gasteiger partial charge on any atom is -0.497 e. The first kappa shape index (κ1) is 25.4. The Morgan fingerprint density at radius 1 is 1.29 bits per heavy atom. The Bertz CT molecular complexity index is 848. The van der Waals surface area contributed by atoms with E-state index < -0.39 is 0 Å². The van der Waals surface area contributed by atoms with Gasteiger partial charge in [0.2, 0.25) is 5.91 Å². The molecule has 7 nitrogen and oxygen atoms in total. The van der Waals surface area contributed by atoms with Crippen molar-refractivity contribution in [2.75, 3.05) is 33.8 Å². The molecule has 1 amide bonds. The van der Waals surface area contributed by atoms with Gasteiger partial charge in [0, 0.05) is 44.0 Å². The van der Waals surface area contributed by atoms with Gasteiger partial charge in [-0.25, -0.2) is 9.98 Å².